The van der Waals surface area contributed by atoms with Crippen LogP contribution in [0.25, 0.3) is 10.2 Å². The van der Waals surface area contributed by atoms with Crippen molar-refractivity contribution in [2.24, 2.45) is 5.41 Å². The van der Waals surface area contributed by atoms with Gasteiger partial charge in [-0.3, -0.25) is 0 Å². The quantitative estimate of drug-likeness (QED) is 0.600. The molecule has 3 nitrogen and oxygen atoms in total. The Balaban J connectivity index is 1.93. The van der Waals surface area contributed by atoms with Gasteiger partial charge in [-0.15, -0.1) is 11.3 Å². The molecule has 2 heterocycles. The van der Waals surface area contributed by atoms with Crippen molar-refractivity contribution in [1.29, 1.82) is 0 Å². The Morgan fingerprint density at radius 2 is 2.11 bits per heavy atom. The fourth-order valence-electron chi connectivity index (χ4n) is 3.01. The number of aliphatic hydroxyl groups excluding tert-OH is 1. The lowest BCUT2D eigenvalue weighted by atomic mass is 9.84. The van der Waals surface area contributed by atoms with Gasteiger partial charge < -0.3 is 5.11 Å². The normalized spacial score (nSPS) is 29.8. The zero-order chi connectivity index (χ0) is 12.5. The van der Waals surface area contributed by atoms with E-state index < -0.39 is 0 Å². The fourth-order valence-corrected chi connectivity index (χ4v) is 4.80. The molecular formula is C12H10Cl2N2OS. The van der Waals surface area contributed by atoms with Gasteiger partial charge >= 0.3 is 0 Å². The van der Waals surface area contributed by atoms with Gasteiger partial charge in [0.25, 0.3) is 0 Å². The summed E-state index contributed by atoms with van der Waals surface area (Å²) >= 11 is 13.7. The summed E-state index contributed by atoms with van der Waals surface area (Å²) in [5.41, 5.74) is 1.34. The molecule has 1 spiro atoms. The smallest absolute Gasteiger partial charge is 0.225 e. The zero-order valence-electron chi connectivity index (χ0n) is 9.41. The molecule has 0 saturated heterocycles. The second-order valence-electron chi connectivity index (χ2n) is 5.23. The number of hydrogen-bond acceptors (Lipinski definition) is 4. The van der Waals surface area contributed by atoms with E-state index in [0.29, 0.717) is 5.15 Å². The second-order valence-corrected chi connectivity index (χ2v) is 7.01. The summed E-state index contributed by atoms with van der Waals surface area (Å²) in [5, 5.41) is 11.4. The average Bonchev–Trinajstić information content (AvgIpc) is 2.77. The van der Waals surface area contributed by atoms with E-state index in [0.717, 1.165) is 35.9 Å². The monoisotopic (exact) mass is 300 g/mol. The summed E-state index contributed by atoms with van der Waals surface area (Å²) in [4.78, 5) is 10.5. The average molecular weight is 301 g/mol. The third-order valence-corrected chi connectivity index (χ3v) is 5.82. The number of hydrogen-bond donors (Lipinski definition) is 1. The maximum absolute atomic E-state index is 9.81. The van der Waals surface area contributed by atoms with E-state index in [1.165, 1.54) is 10.4 Å². The molecule has 94 valence electrons. The minimum absolute atomic E-state index is 0.101. The molecule has 0 amide bonds. The molecule has 2 unspecified atom stereocenters. The summed E-state index contributed by atoms with van der Waals surface area (Å²) in [6.45, 7) is 0. The first-order chi connectivity index (χ1) is 8.59. The van der Waals surface area contributed by atoms with E-state index in [4.69, 9.17) is 23.2 Å². The van der Waals surface area contributed by atoms with E-state index >= 15 is 0 Å². The van der Waals surface area contributed by atoms with Gasteiger partial charge in [-0.2, -0.15) is 0 Å². The van der Waals surface area contributed by atoms with Crippen LogP contribution in [-0.2, 0) is 12.8 Å². The Kier molecular flexibility index (Phi) is 2.26. The van der Waals surface area contributed by atoms with E-state index in [9.17, 15) is 5.11 Å². The largest absolute Gasteiger partial charge is 0.393 e. The molecule has 0 aliphatic heterocycles. The number of aromatic nitrogens is 2. The molecule has 18 heavy (non-hydrogen) atoms. The predicted octanol–water partition coefficient (Wildman–Crippen LogP) is 3.24. The lowest BCUT2D eigenvalue weighted by molar-refractivity contribution is 0.208. The van der Waals surface area contributed by atoms with Gasteiger partial charge in [-0.1, -0.05) is 11.6 Å². The first-order valence-electron chi connectivity index (χ1n) is 5.90. The second kappa shape index (κ2) is 3.57. The zero-order valence-corrected chi connectivity index (χ0v) is 11.7. The summed E-state index contributed by atoms with van der Waals surface area (Å²) < 4.78 is 0. The lowest BCUT2D eigenvalue weighted by Gasteiger charge is -2.21. The molecule has 0 radical (unpaired) electrons. The molecular weight excluding hydrogens is 291 g/mol. The van der Waals surface area contributed by atoms with Crippen molar-refractivity contribution in [3.8, 4) is 0 Å². The van der Waals surface area contributed by atoms with Gasteiger partial charge in [-0.25, -0.2) is 9.97 Å². The summed E-state index contributed by atoms with van der Waals surface area (Å²) in [7, 11) is 0. The topological polar surface area (TPSA) is 46.0 Å². The number of thiophene rings is 1. The van der Waals surface area contributed by atoms with Crippen molar-refractivity contribution in [3.05, 3.63) is 20.9 Å². The predicted molar refractivity (Wildman–Crippen MR) is 72.5 cm³/mol. The van der Waals surface area contributed by atoms with E-state index in [1.807, 2.05) is 0 Å². The van der Waals surface area contributed by atoms with Crippen LogP contribution in [-0.4, -0.2) is 21.2 Å². The van der Waals surface area contributed by atoms with Gasteiger partial charge in [-0.05, 0) is 42.8 Å². The van der Waals surface area contributed by atoms with Crippen LogP contribution in [0.3, 0.4) is 0 Å². The van der Waals surface area contributed by atoms with Crippen LogP contribution in [0.2, 0.25) is 10.4 Å². The highest BCUT2D eigenvalue weighted by Crippen LogP contribution is 2.57. The van der Waals surface area contributed by atoms with Crippen molar-refractivity contribution in [2.75, 3.05) is 0 Å². The Morgan fingerprint density at radius 3 is 2.83 bits per heavy atom. The Bertz CT molecular complexity index is 672. The Labute approximate surface area is 118 Å². The van der Waals surface area contributed by atoms with Crippen LogP contribution in [0.15, 0.2) is 0 Å². The minimum atomic E-state index is -0.146. The number of aliphatic hydroxyl groups is 1. The number of rotatable bonds is 0. The first-order valence-corrected chi connectivity index (χ1v) is 7.48. The molecule has 2 aliphatic carbocycles. The highest BCUT2D eigenvalue weighted by Gasteiger charge is 2.54. The molecule has 1 N–H and O–H groups in total. The molecule has 2 aromatic rings. The lowest BCUT2D eigenvalue weighted by Crippen LogP contribution is -2.17. The molecule has 2 aromatic heterocycles. The van der Waals surface area contributed by atoms with E-state index in [1.54, 1.807) is 11.3 Å². The maximum Gasteiger partial charge on any atom is 0.225 e. The molecule has 6 heteroatoms. The summed E-state index contributed by atoms with van der Waals surface area (Å²) in [6, 6.07) is 0. The Hall–Kier alpha value is -0.420. The van der Waals surface area contributed by atoms with Crippen molar-refractivity contribution in [2.45, 2.75) is 31.8 Å². The molecule has 0 aromatic carbocycles. The van der Waals surface area contributed by atoms with Gasteiger partial charge in [0.15, 0.2) is 0 Å². The third-order valence-electron chi connectivity index (χ3n) is 4.19. The van der Waals surface area contributed by atoms with Crippen molar-refractivity contribution in [1.82, 2.24) is 9.97 Å². The van der Waals surface area contributed by atoms with Gasteiger partial charge in [0.2, 0.25) is 5.28 Å². The van der Waals surface area contributed by atoms with Gasteiger partial charge in [0.05, 0.1) is 11.5 Å². The molecule has 0 bridgehead atoms. The van der Waals surface area contributed by atoms with E-state index in [2.05, 4.69) is 9.97 Å². The van der Waals surface area contributed by atoms with Gasteiger partial charge in [0.1, 0.15) is 9.98 Å². The fraction of sp³-hybridized carbons (Fsp3) is 0.500. The van der Waals surface area contributed by atoms with Crippen LogP contribution in [0.5, 0.6) is 0 Å². The highest BCUT2D eigenvalue weighted by atomic mass is 35.5. The van der Waals surface area contributed by atoms with Crippen molar-refractivity contribution >= 4 is 44.8 Å². The maximum atomic E-state index is 9.81. The van der Waals surface area contributed by atoms with Crippen LogP contribution >= 0.6 is 34.5 Å². The molecule has 1 saturated carbocycles. The summed E-state index contributed by atoms with van der Waals surface area (Å²) in [6.07, 6.45) is 3.73. The Morgan fingerprint density at radius 1 is 1.33 bits per heavy atom. The number of fused-ring (bicyclic) bond motifs is 3. The van der Waals surface area contributed by atoms with Crippen molar-refractivity contribution < 1.29 is 5.11 Å². The minimum Gasteiger partial charge on any atom is -0.393 e. The highest BCUT2D eigenvalue weighted by molar-refractivity contribution is 7.19. The molecule has 2 atom stereocenters. The number of halogens is 2. The standard InChI is InChI=1S/C12H10Cl2N2OS/c13-9-8-5-3-12(4-7(12)17)2-1-6(5)18-10(8)16-11(14)15-9/h7,17H,1-4H2. The van der Waals surface area contributed by atoms with Gasteiger partial charge in [0, 0.05) is 10.3 Å². The molecule has 4 rings (SSSR count). The van der Waals surface area contributed by atoms with Crippen LogP contribution in [0.4, 0.5) is 0 Å². The molecule has 1 fully saturated rings. The number of aryl methyl sites for hydroxylation is 1. The SMILES string of the molecule is OC1CC12CCc1sc3nc(Cl)nc(Cl)c3c1C2. The first kappa shape index (κ1) is 11.4. The van der Waals surface area contributed by atoms with Crippen molar-refractivity contribution in [3.63, 3.8) is 0 Å². The summed E-state index contributed by atoms with van der Waals surface area (Å²) in [5.74, 6) is 0. The number of nitrogens with zero attached hydrogens (tertiary/aromatic N) is 2. The third kappa shape index (κ3) is 1.46. The van der Waals surface area contributed by atoms with Crippen LogP contribution in [0.1, 0.15) is 23.3 Å². The molecule has 2 aliphatic rings. The van der Waals surface area contributed by atoms with E-state index in [-0.39, 0.29) is 16.8 Å². The van der Waals surface area contributed by atoms with Crippen LogP contribution in [0, 0.1) is 5.41 Å². The van der Waals surface area contributed by atoms with Crippen LogP contribution < -0.4 is 0 Å².